The summed E-state index contributed by atoms with van der Waals surface area (Å²) < 4.78 is 8.08. The Labute approximate surface area is 141 Å². The van der Waals surface area contributed by atoms with E-state index in [1.54, 1.807) is 11.3 Å². The summed E-state index contributed by atoms with van der Waals surface area (Å²) in [6, 6.07) is 0.295. The van der Waals surface area contributed by atoms with Gasteiger partial charge >= 0.3 is 0 Å². The summed E-state index contributed by atoms with van der Waals surface area (Å²) >= 11 is 1.73. The highest BCUT2D eigenvalue weighted by Gasteiger charge is 2.33. The van der Waals surface area contributed by atoms with E-state index in [1.807, 2.05) is 6.20 Å². The van der Waals surface area contributed by atoms with E-state index in [0.29, 0.717) is 6.04 Å². The molecule has 0 aromatic carbocycles. The molecule has 2 aromatic heterocycles. The Kier molecular flexibility index (Phi) is 4.46. The van der Waals surface area contributed by atoms with Crippen molar-refractivity contribution in [2.75, 3.05) is 19.8 Å². The van der Waals surface area contributed by atoms with Crippen LogP contribution in [0.1, 0.15) is 42.1 Å². The lowest BCUT2D eigenvalue weighted by atomic mass is 10.00. The molecule has 124 valence electrons. The minimum atomic E-state index is 0.295. The SMILES string of the molecule is CCOCC1c2c(cnn2CC2CC2)CCN1Cc1nccs1. The minimum Gasteiger partial charge on any atom is -0.380 e. The maximum absolute atomic E-state index is 5.82. The number of ether oxygens (including phenoxy) is 1. The van der Waals surface area contributed by atoms with Crippen LogP contribution >= 0.6 is 11.3 Å². The van der Waals surface area contributed by atoms with Crippen LogP contribution in [0.5, 0.6) is 0 Å². The summed E-state index contributed by atoms with van der Waals surface area (Å²) in [5.74, 6) is 0.834. The van der Waals surface area contributed by atoms with E-state index in [2.05, 4.69) is 38.2 Å². The van der Waals surface area contributed by atoms with Crippen molar-refractivity contribution in [3.63, 3.8) is 0 Å². The van der Waals surface area contributed by atoms with Gasteiger partial charge in [0.25, 0.3) is 0 Å². The first-order valence-electron chi connectivity index (χ1n) is 8.60. The second-order valence-corrected chi connectivity index (χ2v) is 7.48. The molecule has 1 aliphatic carbocycles. The second-order valence-electron chi connectivity index (χ2n) is 6.50. The molecule has 2 aliphatic rings. The van der Waals surface area contributed by atoms with Crippen molar-refractivity contribution in [1.29, 1.82) is 0 Å². The largest absolute Gasteiger partial charge is 0.380 e. The molecule has 6 heteroatoms. The lowest BCUT2D eigenvalue weighted by Crippen LogP contribution is -2.38. The third-order valence-corrected chi connectivity index (χ3v) is 5.58. The molecule has 23 heavy (non-hydrogen) atoms. The van der Waals surface area contributed by atoms with Gasteiger partial charge in [-0.1, -0.05) is 0 Å². The highest BCUT2D eigenvalue weighted by Crippen LogP contribution is 2.35. The zero-order chi connectivity index (χ0) is 15.6. The van der Waals surface area contributed by atoms with Crippen LogP contribution in [-0.4, -0.2) is 39.4 Å². The van der Waals surface area contributed by atoms with Gasteiger partial charge in [-0.3, -0.25) is 9.58 Å². The van der Waals surface area contributed by atoms with E-state index in [0.717, 1.165) is 45.2 Å². The molecule has 1 unspecified atom stereocenters. The molecule has 3 heterocycles. The zero-order valence-corrected chi connectivity index (χ0v) is 14.5. The maximum atomic E-state index is 5.82. The van der Waals surface area contributed by atoms with E-state index in [1.165, 1.54) is 29.1 Å². The predicted molar refractivity (Wildman–Crippen MR) is 90.4 cm³/mol. The number of aromatic nitrogens is 3. The molecule has 0 spiro atoms. The Morgan fingerprint density at radius 1 is 1.39 bits per heavy atom. The van der Waals surface area contributed by atoms with Gasteiger partial charge < -0.3 is 4.74 Å². The minimum absolute atomic E-state index is 0.295. The van der Waals surface area contributed by atoms with Crippen LogP contribution in [0.25, 0.3) is 0 Å². The van der Waals surface area contributed by atoms with E-state index >= 15 is 0 Å². The Balaban J connectivity index is 1.59. The van der Waals surface area contributed by atoms with Crippen LogP contribution in [-0.2, 0) is 24.2 Å². The molecule has 4 rings (SSSR count). The van der Waals surface area contributed by atoms with Crippen molar-refractivity contribution in [3.05, 3.63) is 34.0 Å². The lowest BCUT2D eigenvalue weighted by Gasteiger charge is -2.35. The molecule has 0 bridgehead atoms. The fourth-order valence-electron chi connectivity index (χ4n) is 3.40. The molecule has 1 saturated carbocycles. The highest BCUT2D eigenvalue weighted by molar-refractivity contribution is 7.09. The van der Waals surface area contributed by atoms with E-state index in [4.69, 9.17) is 4.74 Å². The van der Waals surface area contributed by atoms with Gasteiger partial charge in [0.2, 0.25) is 0 Å². The van der Waals surface area contributed by atoms with Crippen LogP contribution in [0.4, 0.5) is 0 Å². The number of thiazole rings is 1. The number of hydrogen-bond donors (Lipinski definition) is 0. The van der Waals surface area contributed by atoms with Gasteiger partial charge in [-0.05, 0) is 37.7 Å². The van der Waals surface area contributed by atoms with Crippen molar-refractivity contribution >= 4 is 11.3 Å². The highest BCUT2D eigenvalue weighted by atomic mass is 32.1. The Hall–Kier alpha value is -1.24. The predicted octanol–water partition coefficient (Wildman–Crippen LogP) is 2.89. The van der Waals surface area contributed by atoms with Gasteiger partial charge in [-0.15, -0.1) is 11.3 Å². The normalized spacial score (nSPS) is 21.5. The average molecular weight is 332 g/mol. The van der Waals surface area contributed by atoms with Crippen molar-refractivity contribution in [3.8, 4) is 0 Å². The van der Waals surface area contributed by atoms with Crippen LogP contribution < -0.4 is 0 Å². The zero-order valence-electron chi connectivity index (χ0n) is 13.6. The van der Waals surface area contributed by atoms with Crippen molar-refractivity contribution in [2.45, 2.75) is 45.3 Å². The van der Waals surface area contributed by atoms with Crippen molar-refractivity contribution < 1.29 is 4.74 Å². The topological polar surface area (TPSA) is 43.2 Å². The second kappa shape index (κ2) is 6.71. The van der Waals surface area contributed by atoms with E-state index in [-0.39, 0.29) is 0 Å². The summed E-state index contributed by atoms with van der Waals surface area (Å²) in [4.78, 5) is 6.98. The fourth-order valence-corrected chi connectivity index (χ4v) is 4.04. The van der Waals surface area contributed by atoms with Gasteiger partial charge in [0.1, 0.15) is 5.01 Å². The third-order valence-electron chi connectivity index (χ3n) is 4.81. The first-order valence-corrected chi connectivity index (χ1v) is 9.48. The van der Waals surface area contributed by atoms with Gasteiger partial charge in [0.15, 0.2) is 0 Å². The van der Waals surface area contributed by atoms with Gasteiger partial charge in [-0.2, -0.15) is 5.10 Å². The number of fused-ring (bicyclic) bond motifs is 1. The van der Waals surface area contributed by atoms with Crippen molar-refractivity contribution in [1.82, 2.24) is 19.7 Å². The quantitative estimate of drug-likeness (QED) is 0.782. The summed E-state index contributed by atoms with van der Waals surface area (Å²) in [6.45, 7) is 6.60. The number of hydrogen-bond acceptors (Lipinski definition) is 5. The number of rotatable bonds is 7. The van der Waals surface area contributed by atoms with Crippen LogP contribution in [0.15, 0.2) is 17.8 Å². The Morgan fingerprint density at radius 2 is 2.30 bits per heavy atom. The first-order chi connectivity index (χ1) is 11.3. The Bertz CT molecular complexity index is 635. The fraction of sp³-hybridized carbons (Fsp3) is 0.647. The molecule has 1 atom stereocenters. The molecular weight excluding hydrogens is 308 g/mol. The average Bonchev–Trinajstić information content (AvgIpc) is 3.06. The van der Waals surface area contributed by atoms with Crippen LogP contribution in [0, 0.1) is 5.92 Å². The first kappa shape index (κ1) is 15.3. The van der Waals surface area contributed by atoms with E-state index in [9.17, 15) is 0 Å². The lowest BCUT2D eigenvalue weighted by molar-refractivity contribution is 0.0511. The van der Waals surface area contributed by atoms with Gasteiger partial charge in [0.05, 0.1) is 31.1 Å². The number of nitrogens with zero attached hydrogens (tertiary/aromatic N) is 4. The van der Waals surface area contributed by atoms with Crippen LogP contribution in [0.3, 0.4) is 0 Å². The summed E-state index contributed by atoms with van der Waals surface area (Å²) in [5, 5.41) is 7.93. The molecule has 0 N–H and O–H groups in total. The standard InChI is InChI=1S/C17H24N4OS/c1-2-22-12-15-17-14(9-19-21(17)10-13-3-4-13)5-7-20(15)11-16-18-6-8-23-16/h6,8-9,13,15H,2-5,7,10-12H2,1H3. The van der Waals surface area contributed by atoms with Crippen LogP contribution in [0.2, 0.25) is 0 Å². The smallest absolute Gasteiger partial charge is 0.107 e. The molecule has 0 radical (unpaired) electrons. The van der Waals surface area contributed by atoms with E-state index < -0.39 is 0 Å². The third kappa shape index (κ3) is 3.34. The molecule has 2 aromatic rings. The molecule has 0 saturated heterocycles. The molecule has 0 amide bonds. The maximum Gasteiger partial charge on any atom is 0.107 e. The van der Waals surface area contributed by atoms with Gasteiger partial charge in [-0.25, -0.2) is 4.98 Å². The molecule has 5 nitrogen and oxygen atoms in total. The molecule has 1 aliphatic heterocycles. The molecular formula is C17H24N4OS. The Morgan fingerprint density at radius 3 is 3.04 bits per heavy atom. The molecule has 1 fully saturated rings. The summed E-state index contributed by atoms with van der Waals surface area (Å²) in [7, 11) is 0. The monoisotopic (exact) mass is 332 g/mol. The summed E-state index contributed by atoms with van der Waals surface area (Å²) in [5.41, 5.74) is 2.79. The van der Waals surface area contributed by atoms with Crippen molar-refractivity contribution in [2.24, 2.45) is 5.92 Å². The summed E-state index contributed by atoms with van der Waals surface area (Å²) in [6.07, 6.45) is 7.76. The van der Waals surface area contributed by atoms with Gasteiger partial charge in [0, 0.05) is 31.3 Å².